The van der Waals surface area contributed by atoms with Gasteiger partial charge in [0.25, 0.3) is 0 Å². The van der Waals surface area contributed by atoms with Crippen molar-refractivity contribution in [3.05, 3.63) is 65.2 Å². The largest absolute Gasteiger partial charge is 0.388 e. The molecule has 1 atom stereocenters. The van der Waals surface area contributed by atoms with Crippen molar-refractivity contribution < 1.29 is 8.78 Å². The minimum absolute atomic E-state index is 0.311. The Kier molecular flexibility index (Phi) is 4.12. The van der Waals surface area contributed by atoms with Gasteiger partial charge in [-0.25, -0.2) is 8.78 Å². The van der Waals surface area contributed by atoms with Gasteiger partial charge < -0.3 is 10.6 Å². The Hall–Kier alpha value is -1.94. The summed E-state index contributed by atoms with van der Waals surface area (Å²) in [5.74, 6) is -1.12. The number of rotatable bonds is 4. The summed E-state index contributed by atoms with van der Waals surface area (Å²) in [4.78, 5) is 0. The molecule has 0 saturated carbocycles. The van der Waals surface area contributed by atoms with Crippen LogP contribution in [0.15, 0.2) is 42.5 Å². The number of halogens is 2. The van der Waals surface area contributed by atoms with E-state index in [2.05, 4.69) is 10.6 Å². The van der Waals surface area contributed by atoms with Gasteiger partial charge in [0, 0.05) is 24.4 Å². The first-order valence-corrected chi connectivity index (χ1v) is 6.05. The molecular weight excluding hydrogens is 246 g/mol. The van der Waals surface area contributed by atoms with Crippen LogP contribution in [-0.4, -0.2) is 14.1 Å². The SMILES string of the molecule is CNc1cccc(C(NC)c2ccc(F)cc2F)c1. The van der Waals surface area contributed by atoms with Gasteiger partial charge in [-0.15, -0.1) is 0 Å². The molecule has 2 aromatic rings. The van der Waals surface area contributed by atoms with E-state index in [-0.39, 0.29) is 6.04 Å². The van der Waals surface area contributed by atoms with E-state index in [1.807, 2.05) is 31.3 Å². The van der Waals surface area contributed by atoms with E-state index < -0.39 is 11.6 Å². The molecule has 2 rings (SSSR count). The second-order valence-electron chi connectivity index (χ2n) is 4.26. The average Bonchev–Trinajstić information content (AvgIpc) is 2.42. The van der Waals surface area contributed by atoms with Crippen LogP contribution in [0.25, 0.3) is 0 Å². The summed E-state index contributed by atoms with van der Waals surface area (Å²) in [5, 5.41) is 6.10. The van der Waals surface area contributed by atoms with E-state index in [1.54, 1.807) is 7.05 Å². The van der Waals surface area contributed by atoms with Crippen LogP contribution in [0.3, 0.4) is 0 Å². The average molecular weight is 262 g/mol. The monoisotopic (exact) mass is 262 g/mol. The summed E-state index contributed by atoms with van der Waals surface area (Å²) in [6.07, 6.45) is 0. The lowest BCUT2D eigenvalue weighted by Crippen LogP contribution is -2.19. The lowest BCUT2D eigenvalue weighted by molar-refractivity contribution is 0.552. The molecule has 0 radical (unpaired) electrons. The Morgan fingerprint density at radius 1 is 1.00 bits per heavy atom. The van der Waals surface area contributed by atoms with Crippen LogP contribution in [0.1, 0.15) is 17.2 Å². The lowest BCUT2D eigenvalue weighted by atomic mass is 9.98. The highest BCUT2D eigenvalue weighted by molar-refractivity contribution is 5.47. The standard InChI is InChI=1S/C15H16F2N2/c1-18-12-5-3-4-10(8-12)15(19-2)13-7-6-11(16)9-14(13)17/h3-9,15,18-19H,1-2H3. The van der Waals surface area contributed by atoms with Gasteiger partial charge in [-0.05, 0) is 30.8 Å². The maximum Gasteiger partial charge on any atom is 0.131 e. The molecule has 1 unspecified atom stereocenters. The zero-order valence-corrected chi connectivity index (χ0v) is 10.9. The van der Waals surface area contributed by atoms with Gasteiger partial charge in [-0.2, -0.15) is 0 Å². The molecule has 2 nitrogen and oxygen atoms in total. The molecule has 0 spiro atoms. The fourth-order valence-electron chi connectivity index (χ4n) is 2.11. The molecule has 0 aliphatic rings. The predicted octanol–water partition coefficient (Wildman–Crippen LogP) is 3.32. The van der Waals surface area contributed by atoms with E-state index in [0.717, 1.165) is 17.3 Å². The molecule has 0 saturated heterocycles. The Morgan fingerprint density at radius 3 is 2.42 bits per heavy atom. The maximum absolute atomic E-state index is 13.9. The van der Waals surface area contributed by atoms with Crippen molar-refractivity contribution in [2.75, 3.05) is 19.4 Å². The third-order valence-corrected chi connectivity index (χ3v) is 3.07. The number of hydrogen-bond acceptors (Lipinski definition) is 2. The van der Waals surface area contributed by atoms with E-state index in [1.165, 1.54) is 12.1 Å². The van der Waals surface area contributed by atoms with Crippen molar-refractivity contribution in [3.63, 3.8) is 0 Å². The minimum atomic E-state index is -0.569. The first-order valence-electron chi connectivity index (χ1n) is 6.05. The van der Waals surface area contributed by atoms with Crippen molar-refractivity contribution >= 4 is 5.69 Å². The van der Waals surface area contributed by atoms with E-state index in [4.69, 9.17) is 0 Å². The molecular formula is C15H16F2N2. The maximum atomic E-state index is 13.9. The van der Waals surface area contributed by atoms with Crippen LogP contribution in [-0.2, 0) is 0 Å². The van der Waals surface area contributed by atoms with Gasteiger partial charge in [0.05, 0.1) is 6.04 Å². The molecule has 0 bridgehead atoms. The van der Waals surface area contributed by atoms with Crippen molar-refractivity contribution in [2.24, 2.45) is 0 Å². The quantitative estimate of drug-likeness (QED) is 0.883. The van der Waals surface area contributed by atoms with Gasteiger partial charge in [-0.1, -0.05) is 18.2 Å². The molecule has 0 aliphatic heterocycles. The summed E-state index contributed by atoms with van der Waals surface area (Å²) in [6.45, 7) is 0. The molecule has 4 heteroatoms. The van der Waals surface area contributed by atoms with Crippen LogP contribution in [0.4, 0.5) is 14.5 Å². The van der Waals surface area contributed by atoms with E-state index >= 15 is 0 Å². The Balaban J connectivity index is 2.43. The molecule has 0 heterocycles. The van der Waals surface area contributed by atoms with Gasteiger partial charge in [0.1, 0.15) is 11.6 Å². The molecule has 100 valence electrons. The smallest absolute Gasteiger partial charge is 0.131 e. The third-order valence-electron chi connectivity index (χ3n) is 3.07. The fraction of sp³-hybridized carbons (Fsp3) is 0.200. The predicted molar refractivity (Wildman–Crippen MR) is 73.2 cm³/mol. The van der Waals surface area contributed by atoms with Crippen LogP contribution in [0.5, 0.6) is 0 Å². The Morgan fingerprint density at radius 2 is 1.79 bits per heavy atom. The van der Waals surface area contributed by atoms with E-state index in [0.29, 0.717) is 5.56 Å². The number of anilines is 1. The second kappa shape index (κ2) is 5.80. The normalized spacial score (nSPS) is 12.2. The molecule has 0 amide bonds. The van der Waals surface area contributed by atoms with Crippen molar-refractivity contribution in [2.45, 2.75) is 6.04 Å². The second-order valence-corrected chi connectivity index (χ2v) is 4.26. The molecule has 0 aliphatic carbocycles. The van der Waals surface area contributed by atoms with Crippen molar-refractivity contribution in [1.29, 1.82) is 0 Å². The summed E-state index contributed by atoms with van der Waals surface area (Å²) in [7, 11) is 3.57. The number of benzene rings is 2. The van der Waals surface area contributed by atoms with Crippen LogP contribution >= 0.6 is 0 Å². The molecule has 2 N–H and O–H groups in total. The van der Waals surface area contributed by atoms with Crippen LogP contribution in [0.2, 0.25) is 0 Å². The van der Waals surface area contributed by atoms with E-state index in [9.17, 15) is 8.78 Å². The summed E-state index contributed by atoms with van der Waals surface area (Å²) < 4.78 is 26.8. The minimum Gasteiger partial charge on any atom is -0.388 e. The molecule has 19 heavy (non-hydrogen) atoms. The Bertz CT molecular complexity index is 570. The summed E-state index contributed by atoms with van der Waals surface area (Å²) >= 11 is 0. The van der Waals surface area contributed by atoms with Crippen LogP contribution in [0, 0.1) is 11.6 Å². The fourth-order valence-corrected chi connectivity index (χ4v) is 2.11. The first kappa shape index (κ1) is 13.5. The highest BCUT2D eigenvalue weighted by Crippen LogP contribution is 2.26. The highest BCUT2D eigenvalue weighted by Gasteiger charge is 2.16. The Labute approximate surface area is 111 Å². The molecule has 0 aromatic heterocycles. The summed E-state index contributed by atoms with van der Waals surface area (Å²) in [5.41, 5.74) is 2.29. The number of nitrogens with one attached hydrogen (secondary N) is 2. The zero-order valence-electron chi connectivity index (χ0n) is 10.9. The lowest BCUT2D eigenvalue weighted by Gasteiger charge is -2.18. The topological polar surface area (TPSA) is 24.1 Å². The van der Waals surface area contributed by atoms with Gasteiger partial charge in [0.15, 0.2) is 0 Å². The molecule has 0 fully saturated rings. The van der Waals surface area contributed by atoms with Gasteiger partial charge in [0.2, 0.25) is 0 Å². The molecule has 2 aromatic carbocycles. The van der Waals surface area contributed by atoms with Gasteiger partial charge >= 0.3 is 0 Å². The summed E-state index contributed by atoms with van der Waals surface area (Å²) in [6, 6.07) is 11.0. The number of hydrogen-bond donors (Lipinski definition) is 2. The zero-order chi connectivity index (χ0) is 13.8. The highest BCUT2D eigenvalue weighted by atomic mass is 19.1. The van der Waals surface area contributed by atoms with Crippen molar-refractivity contribution in [3.8, 4) is 0 Å². The van der Waals surface area contributed by atoms with Crippen molar-refractivity contribution in [1.82, 2.24) is 5.32 Å². The first-order chi connectivity index (χ1) is 9.15. The van der Waals surface area contributed by atoms with Crippen LogP contribution < -0.4 is 10.6 Å². The third kappa shape index (κ3) is 2.90. The van der Waals surface area contributed by atoms with Gasteiger partial charge in [-0.3, -0.25) is 0 Å².